The highest BCUT2D eigenvalue weighted by Gasteiger charge is 2.41. The first-order valence-electron chi connectivity index (χ1n) is 10.8. The van der Waals surface area contributed by atoms with Gasteiger partial charge in [0.25, 0.3) is 5.91 Å². The molecule has 0 bridgehead atoms. The summed E-state index contributed by atoms with van der Waals surface area (Å²) < 4.78 is 0. The maximum atomic E-state index is 13.0. The molecule has 0 saturated carbocycles. The number of nitrogens with zero attached hydrogens (tertiary/aromatic N) is 4. The van der Waals surface area contributed by atoms with E-state index in [1.807, 2.05) is 37.1 Å². The molecule has 2 aliphatic rings. The number of hydrogen-bond acceptors (Lipinski definition) is 6. The van der Waals surface area contributed by atoms with Crippen molar-refractivity contribution in [2.45, 2.75) is 25.4 Å². The normalized spacial score (nSPS) is 20.8. The minimum Gasteiger partial charge on any atom is -0.385 e. The zero-order chi connectivity index (χ0) is 22.0. The molecular formula is C23H30ClN5OS. The molecule has 2 fully saturated rings. The van der Waals surface area contributed by atoms with Gasteiger partial charge in [-0.1, -0.05) is 29.4 Å². The fraction of sp³-hybridized carbons (Fsp3) is 0.522. The van der Waals surface area contributed by atoms with Crippen LogP contribution in [0.3, 0.4) is 0 Å². The van der Waals surface area contributed by atoms with Crippen LogP contribution in [0.25, 0.3) is 0 Å². The SMILES string of the molecule is CSc1ncc(C(=O)N2CC3CN(CCCNc4ccc(C)c(Cl)c4)CC3C2)c(C)n1. The van der Waals surface area contributed by atoms with E-state index in [-0.39, 0.29) is 5.91 Å². The minimum absolute atomic E-state index is 0.0760. The average molecular weight is 460 g/mol. The Morgan fingerprint density at radius 3 is 2.61 bits per heavy atom. The van der Waals surface area contributed by atoms with E-state index in [9.17, 15) is 4.79 Å². The average Bonchev–Trinajstić information content (AvgIpc) is 3.32. The van der Waals surface area contributed by atoms with Crippen molar-refractivity contribution in [1.29, 1.82) is 0 Å². The quantitative estimate of drug-likeness (QED) is 0.384. The number of fused-ring (bicyclic) bond motifs is 1. The number of halogens is 1. The standard InChI is InChI=1S/C23H30ClN5OS/c1-15-5-6-19(9-21(15)24)25-7-4-8-28-11-17-13-29(14-18(17)12-28)22(30)20-10-26-23(31-3)27-16(20)2/h5-6,9-10,17-18,25H,4,7-8,11-14H2,1-3H3. The van der Waals surface area contributed by atoms with Crippen LogP contribution in [0, 0.1) is 25.7 Å². The van der Waals surface area contributed by atoms with Crippen molar-refractivity contribution < 1.29 is 4.79 Å². The van der Waals surface area contributed by atoms with E-state index in [4.69, 9.17) is 11.6 Å². The fourth-order valence-corrected chi connectivity index (χ4v) is 5.17. The molecule has 1 aromatic heterocycles. The van der Waals surface area contributed by atoms with Gasteiger partial charge in [0.1, 0.15) is 0 Å². The molecule has 166 valence electrons. The van der Waals surface area contributed by atoms with Crippen LogP contribution in [0.2, 0.25) is 5.02 Å². The summed E-state index contributed by atoms with van der Waals surface area (Å²) in [7, 11) is 0. The van der Waals surface area contributed by atoms with Crippen molar-refractivity contribution in [2.24, 2.45) is 11.8 Å². The molecule has 8 heteroatoms. The number of aryl methyl sites for hydroxylation is 2. The zero-order valence-electron chi connectivity index (χ0n) is 18.4. The number of rotatable bonds is 7. The third-order valence-electron chi connectivity index (χ3n) is 6.37. The summed E-state index contributed by atoms with van der Waals surface area (Å²) in [6, 6.07) is 6.11. The molecule has 0 radical (unpaired) electrons. The third-order valence-corrected chi connectivity index (χ3v) is 7.34. The molecule has 2 atom stereocenters. The molecule has 2 aromatic rings. The number of hydrogen-bond donors (Lipinski definition) is 1. The van der Waals surface area contributed by atoms with Crippen LogP contribution in [0.15, 0.2) is 29.6 Å². The zero-order valence-corrected chi connectivity index (χ0v) is 20.0. The van der Waals surface area contributed by atoms with E-state index < -0.39 is 0 Å². The Morgan fingerprint density at radius 1 is 1.23 bits per heavy atom. The molecule has 31 heavy (non-hydrogen) atoms. The number of carbonyl (C=O) groups is 1. The van der Waals surface area contributed by atoms with E-state index in [1.54, 1.807) is 6.20 Å². The van der Waals surface area contributed by atoms with Gasteiger partial charge in [0.15, 0.2) is 5.16 Å². The number of carbonyl (C=O) groups excluding carboxylic acids is 1. The Kier molecular flexibility index (Phi) is 7.04. The highest BCUT2D eigenvalue weighted by atomic mass is 35.5. The Balaban J connectivity index is 1.22. The van der Waals surface area contributed by atoms with Gasteiger partial charge < -0.3 is 15.1 Å². The number of benzene rings is 1. The van der Waals surface area contributed by atoms with E-state index in [0.717, 1.165) is 67.7 Å². The lowest BCUT2D eigenvalue weighted by molar-refractivity contribution is 0.0772. The number of amides is 1. The van der Waals surface area contributed by atoms with E-state index in [1.165, 1.54) is 11.8 Å². The van der Waals surface area contributed by atoms with Crippen LogP contribution in [-0.2, 0) is 0 Å². The molecule has 1 amide bonds. The van der Waals surface area contributed by atoms with Crippen LogP contribution in [-0.4, -0.2) is 71.2 Å². The predicted octanol–water partition coefficient (Wildman–Crippen LogP) is 3.97. The van der Waals surface area contributed by atoms with Crippen molar-refractivity contribution in [1.82, 2.24) is 19.8 Å². The first-order chi connectivity index (χ1) is 14.9. The number of anilines is 1. The number of thioether (sulfide) groups is 1. The van der Waals surface area contributed by atoms with Gasteiger partial charge in [0.2, 0.25) is 0 Å². The summed E-state index contributed by atoms with van der Waals surface area (Å²) in [5.41, 5.74) is 3.58. The largest absolute Gasteiger partial charge is 0.385 e. The highest BCUT2D eigenvalue weighted by Crippen LogP contribution is 2.32. The summed E-state index contributed by atoms with van der Waals surface area (Å²) in [4.78, 5) is 26.2. The predicted molar refractivity (Wildman–Crippen MR) is 127 cm³/mol. The van der Waals surface area contributed by atoms with Crippen molar-refractivity contribution in [3.63, 3.8) is 0 Å². The lowest BCUT2D eigenvalue weighted by Gasteiger charge is -2.22. The van der Waals surface area contributed by atoms with E-state index >= 15 is 0 Å². The van der Waals surface area contributed by atoms with Crippen molar-refractivity contribution in [3.8, 4) is 0 Å². The topological polar surface area (TPSA) is 61.4 Å². The van der Waals surface area contributed by atoms with Gasteiger partial charge in [0.05, 0.1) is 11.3 Å². The molecular weight excluding hydrogens is 430 g/mol. The summed E-state index contributed by atoms with van der Waals surface area (Å²) in [5.74, 6) is 1.21. The summed E-state index contributed by atoms with van der Waals surface area (Å²) >= 11 is 7.69. The number of nitrogens with one attached hydrogen (secondary N) is 1. The summed E-state index contributed by atoms with van der Waals surface area (Å²) in [6.45, 7) is 9.75. The van der Waals surface area contributed by atoms with E-state index in [2.05, 4.69) is 26.3 Å². The molecule has 0 spiro atoms. The molecule has 2 saturated heterocycles. The first kappa shape index (κ1) is 22.4. The Morgan fingerprint density at radius 2 is 1.97 bits per heavy atom. The van der Waals surface area contributed by atoms with Gasteiger partial charge in [-0.05, 0) is 62.6 Å². The Hall–Kier alpha value is -1.83. The summed E-state index contributed by atoms with van der Waals surface area (Å²) in [6.07, 6.45) is 4.72. The first-order valence-corrected chi connectivity index (χ1v) is 12.4. The number of aromatic nitrogens is 2. The van der Waals surface area contributed by atoms with Gasteiger partial charge in [0, 0.05) is 49.6 Å². The second-order valence-corrected chi connectivity index (χ2v) is 9.77. The van der Waals surface area contributed by atoms with Crippen LogP contribution < -0.4 is 5.32 Å². The molecule has 0 aliphatic carbocycles. The van der Waals surface area contributed by atoms with Gasteiger partial charge >= 0.3 is 0 Å². The van der Waals surface area contributed by atoms with Crippen LogP contribution in [0.4, 0.5) is 5.69 Å². The Bertz CT molecular complexity index is 942. The maximum absolute atomic E-state index is 13.0. The van der Waals surface area contributed by atoms with Crippen molar-refractivity contribution in [2.75, 3.05) is 50.8 Å². The van der Waals surface area contributed by atoms with Crippen LogP contribution in [0.5, 0.6) is 0 Å². The summed E-state index contributed by atoms with van der Waals surface area (Å²) in [5, 5.41) is 4.98. The molecule has 1 N–H and O–H groups in total. The fourth-order valence-electron chi connectivity index (χ4n) is 4.60. The van der Waals surface area contributed by atoms with E-state index in [0.29, 0.717) is 22.6 Å². The molecule has 1 aromatic carbocycles. The van der Waals surface area contributed by atoms with Crippen LogP contribution in [0.1, 0.15) is 28.0 Å². The highest BCUT2D eigenvalue weighted by molar-refractivity contribution is 7.98. The van der Waals surface area contributed by atoms with Gasteiger partial charge in [-0.3, -0.25) is 4.79 Å². The van der Waals surface area contributed by atoms with Crippen LogP contribution >= 0.6 is 23.4 Å². The Labute approximate surface area is 193 Å². The lowest BCUT2D eigenvalue weighted by atomic mass is 10.0. The monoisotopic (exact) mass is 459 g/mol. The second kappa shape index (κ2) is 9.76. The van der Waals surface area contributed by atoms with Crippen molar-refractivity contribution >= 4 is 35.0 Å². The molecule has 2 aliphatic heterocycles. The lowest BCUT2D eigenvalue weighted by Crippen LogP contribution is -2.34. The molecule has 2 unspecified atom stereocenters. The van der Waals surface area contributed by atoms with Crippen molar-refractivity contribution in [3.05, 3.63) is 46.2 Å². The van der Waals surface area contributed by atoms with Gasteiger partial charge in [-0.2, -0.15) is 0 Å². The maximum Gasteiger partial charge on any atom is 0.257 e. The number of likely N-dealkylation sites (tertiary alicyclic amines) is 2. The molecule has 3 heterocycles. The smallest absolute Gasteiger partial charge is 0.257 e. The van der Waals surface area contributed by atoms with Gasteiger partial charge in [-0.25, -0.2) is 9.97 Å². The second-order valence-electron chi connectivity index (χ2n) is 8.59. The third kappa shape index (κ3) is 5.16. The van der Waals surface area contributed by atoms with Gasteiger partial charge in [-0.15, -0.1) is 0 Å². The molecule has 4 rings (SSSR count). The molecule has 6 nitrogen and oxygen atoms in total. The minimum atomic E-state index is 0.0760.